The fourth-order valence-electron chi connectivity index (χ4n) is 3.77. The maximum atomic E-state index is 12.6. The van der Waals surface area contributed by atoms with Crippen molar-refractivity contribution in [3.05, 3.63) is 18.5 Å². The van der Waals surface area contributed by atoms with Gasteiger partial charge >= 0.3 is 0 Å². The van der Waals surface area contributed by atoms with Gasteiger partial charge in [0.25, 0.3) is 0 Å². The summed E-state index contributed by atoms with van der Waals surface area (Å²) in [7, 11) is 0. The van der Waals surface area contributed by atoms with Gasteiger partial charge in [-0.05, 0) is 18.4 Å². The highest BCUT2D eigenvalue weighted by atomic mass is 16.5. The van der Waals surface area contributed by atoms with E-state index in [-0.39, 0.29) is 5.91 Å². The topological polar surface area (TPSA) is 70.6 Å². The Morgan fingerprint density at radius 1 is 1.28 bits per heavy atom. The molecule has 0 spiro atoms. The minimum Gasteiger partial charge on any atom is -0.379 e. The van der Waals surface area contributed by atoms with E-state index < -0.39 is 0 Å². The number of nitrogens with zero attached hydrogens (tertiary/aromatic N) is 4. The van der Waals surface area contributed by atoms with Crippen LogP contribution in [0.4, 0.5) is 5.95 Å². The number of carbonyl (C=O) groups is 1. The second-order valence-electron chi connectivity index (χ2n) is 6.79. The van der Waals surface area contributed by atoms with Crippen LogP contribution < -0.4 is 5.32 Å². The fraction of sp³-hybridized carbons (Fsp3) is 0.722. The largest absolute Gasteiger partial charge is 0.379 e. The van der Waals surface area contributed by atoms with E-state index in [9.17, 15) is 4.79 Å². The monoisotopic (exact) mass is 347 g/mol. The first kappa shape index (κ1) is 18.1. The van der Waals surface area contributed by atoms with E-state index >= 15 is 0 Å². The fourth-order valence-corrected chi connectivity index (χ4v) is 3.77. The quantitative estimate of drug-likeness (QED) is 0.749. The number of ether oxygens (including phenoxy) is 1. The maximum Gasteiger partial charge on any atom is 0.222 e. The highest BCUT2D eigenvalue weighted by Gasteiger charge is 2.37. The number of carbonyl (C=O) groups excluding carboxylic acids is 1. The molecule has 2 aliphatic heterocycles. The van der Waals surface area contributed by atoms with Gasteiger partial charge in [-0.1, -0.05) is 13.3 Å². The van der Waals surface area contributed by atoms with E-state index in [0.717, 1.165) is 52.2 Å². The summed E-state index contributed by atoms with van der Waals surface area (Å²) in [6, 6.07) is 2.28. The van der Waals surface area contributed by atoms with Gasteiger partial charge in [0.2, 0.25) is 11.9 Å². The Bertz CT molecular complexity index is 536. The lowest BCUT2D eigenvalue weighted by atomic mass is 9.99. The zero-order valence-corrected chi connectivity index (χ0v) is 15.1. The van der Waals surface area contributed by atoms with Crippen molar-refractivity contribution in [1.82, 2.24) is 19.8 Å². The Morgan fingerprint density at radius 3 is 2.76 bits per heavy atom. The van der Waals surface area contributed by atoms with Gasteiger partial charge < -0.3 is 15.0 Å². The molecule has 1 aromatic heterocycles. The Balaban J connectivity index is 1.42. The van der Waals surface area contributed by atoms with Gasteiger partial charge in [-0.2, -0.15) is 0 Å². The maximum absolute atomic E-state index is 12.6. The highest BCUT2D eigenvalue weighted by molar-refractivity contribution is 5.76. The van der Waals surface area contributed by atoms with E-state index in [1.54, 1.807) is 18.5 Å². The van der Waals surface area contributed by atoms with Gasteiger partial charge in [-0.3, -0.25) is 9.69 Å². The van der Waals surface area contributed by atoms with Crippen LogP contribution in [0.15, 0.2) is 18.5 Å². The van der Waals surface area contributed by atoms with Crippen molar-refractivity contribution >= 4 is 11.9 Å². The summed E-state index contributed by atoms with van der Waals surface area (Å²) in [6.45, 7) is 8.32. The van der Waals surface area contributed by atoms with Crippen molar-refractivity contribution in [2.24, 2.45) is 5.92 Å². The lowest BCUT2D eigenvalue weighted by molar-refractivity contribution is -0.130. The van der Waals surface area contributed by atoms with Crippen molar-refractivity contribution in [2.45, 2.75) is 32.2 Å². The lowest BCUT2D eigenvalue weighted by Crippen LogP contribution is -2.47. The van der Waals surface area contributed by atoms with Crippen molar-refractivity contribution in [1.29, 1.82) is 0 Å². The smallest absolute Gasteiger partial charge is 0.222 e. The molecule has 2 atom stereocenters. The molecule has 2 aliphatic rings. The minimum absolute atomic E-state index is 0.269. The van der Waals surface area contributed by atoms with Crippen molar-refractivity contribution in [3.63, 3.8) is 0 Å². The van der Waals surface area contributed by atoms with Gasteiger partial charge in [-0.15, -0.1) is 0 Å². The van der Waals surface area contributed by atoms with Crippen LogP contribution in [0.3, 0.4) is 0 Å². The molecular formula is C18H29N5O2. The Kier molecular flexibility index (Phi) is 6.58. The first-order chi connectivity index (χ1) is 12.3. The molecule has 2 saturated heterocycles. The Labute approximate surface area is 149 Å². The van der Waals surface area contributed by atoms with E-state index in [2.05, 4.69) is 32.0 Å². The first-order valence-corrected chi connectivity index (χ1v) is 9.38. The molecule has 1 N–H and O–H groups in total. The molecule has 0 aromatic carbocycles. The number of hydrogen-bond donors (Lipinski definition) is 1. The molecule has 1 aromatic rings. The number of rotatable bonds is 7. The molecule has 0 saturated carbocycles. The highest BCUT2D eigenvalue weighted by Crippen LogP contribution is 2.26. The molecule has 0 radical (unpaired) electrons. The van der Waals surface area contributed by atoms with Crippen molar-refractivity contribution < 1.29 is 9.53 Å². The number of morpholine rings is 1. The SMILES string of the molecule is CC[C@H]1CN(C(=O)CCCNc2ncccn2)C[C@@H]1N1CCOCC1. The standard InChI is InChI=1S/C18H29N5O2/c1-2-15-13-23(14-16(15)22-9-11-25-12-10-22)17(24)5-3-6-19-18-20-7-4-8-21-18/h4,7-8,15-16H,2-3,5-6,9-14H2,1H3,(H,19,20,21)/t15-,16-/m0/s1. The van der Waals surface area contributed by atoms with E-state index in [1.807, 2.05) is 0 Å². The van der Waals surface area contributed by atoms with Gasteiger partial charge in [0, 0.05) is 57.6 Å². The summed E-state index contributed by atoms with van der Waals surface area (Å²) in [5.41, 5.74) is 0. The molecule has 3 heterocycles. The summed E-state index contributed by atoms with van der Waals surface area (Å²) in [6.07, 6.45) is 5.92. The first-order valence-electron chi connectivity index (χ1n) is 9.38. The minimum atomic E-state index is 0.269. The molecule has 3 rings (SSSR count). The van der Waals surface area contributed by atoms with Gasteiger partial charge in [0.1, 0.15) is 0 Å². The van der Waals surface area contributed by atoms with E-state index in [0.29, 0.717) is 30.9 Å². The summed E-state index contributed by atoms with van der Waals surface area (Å²) < 4.78 is 5.47. The number of amides is 1. The second-order valence-corrected chi connectivity index (χ2v) is 6.79. The van der Waals surface area contributed by atoms with Crippen LogP contribution in [0.2, 0.25) is 0 Å². The zero-order valence-electron chi connectivity index (χ0n) is 15.1. The average Bonchev–Trinajstić information content (AvgIpc) is 3.11. The third-order valence-electron chi connectivity index (χ3n) is 5.21. The van der Waals surface area contributed by atoms with Gasteiger partial charge in [0.05, 0.1) is 13.2 Å². The lowest BCUT2D eigenvalue weighted by Gasteiger charge is -2.34. The Morgan fingerprint density at radius 2 is 2.04 bits per heavy atom. The van der Waals surface area contributed by atoms with Crippen LogP contribution in [-0.2, 0) is 9.53 Å². The molecule has 0 unspecified atom stereocenters. The molecule has 0 bridgehead atoms. The molecule has 138 valence electrons. The van der Waals surface area contributed by atoms with Crippen molar-refractivity contribution in [3.8, 4) is 0 Å². The number of nitrogens with one attached hydrogen (secondary N) is 1. The van der Waals surface area contributed by atoms with Crippen molar-refractivity contribution in [2.75, 3.05) is 51.3 Å². The molecule has 1 amide bonds. The molecule has 25 heavy (non-hydrogen) atoms. The second kappa shape index (κ2) is 9.10. The van der Waals surface area contributed by atoms with E-state index in [4.69, 9.17) is 4.74 Å². The number of anilines is 1. The summed E-state index contributed by atoms with van der Waals surface area (Å²) in [5.74, 6) is 1.47. The molecular weight excluding hydrogens is 318 g/mol. The third kappa shape index (κ3) is 4.89. The zero-order chi connectivity index (χ0) is 17.5. The van der Waals surface area contributed by atoms with Gasteiger partial charge in [-0.25, -0.2) is 9.97 Å². The van der Waals surface area contributed by atoms with Gasteiger partial charge in [0.15, 0.2) is 0 Å². The van der Waals surface area contributed by atoms with Crippen LogP contribution in [0.1, 0.15) is 26.2 Å². The van der Waals surface area contributed by atoms with Crippen LogP contribution in [0.25, 0.3) is 0 Å². The summed E-state index contributed by atoms with van der Waals surface area (Å²) >= 11 is 0. The van der Waals surface area contributed by atoms with E-state index in [1.165, 1.54) is 0 Å². The average molecular weight is 347 g/mol. The number of aromatic nitrogens is 2. The summed E-state index contributed by atoms with van der Waals surface area (Å²) in [5, 5.41) is 3.16. The predicted molar refractivity (Wildman–Crippen MR) is 96.3 cm³/mol. The number of hydrogen-bond acceptors (Lipinski definition) is 6. The molecule has 2 fully saturated rings. The third-order valence-corrected chi connectivity index (χ3v) is 5.21. The molecule has 7 nitrogen and oxygen atoms in total. The van der Waals surface area contributed by atoms with Crippen LogP contribution >= 0.6 is 0 Å². The Hall–Kier alpha value is -1.73. The number of likely N-dealkylation sites (tertiary alicyclic amines) is 1. The van der Waals surface area contributed by atoms with Crippen LogP contribution in [0, 0.1) is 5.92 Å². The van der Waals surface area contributed by atoms with Crippen LogP contribution in [0.5, 0.6) is 0 Å². The summed E-state index contributed by atoms with van der Waals surface area (Å²) in [4.78, 5) is 25.4. The van der Waals surface area contributed by atoms with Crippen LogP contribution in [-0.4, -0.2) is 77.7 Å². The molecule has 7 heteroatoms. The molecule has 0 aliphatic carbocycles. The predicted octanol–water partition coefficient (Wildman–Crippen LogP) is 1.24. The normalized spacial score (nSPS) is 24.4.